The maximum absolute atomic E-state index is 11.2. The summed E-state index contributed by atoms with van der Waals surface area (Å²) in [5.41, 5.74) is 0. The monoisotopic (exact) mass is 376 g/mol. The molecule has 0 heterocycles. The van der Waals surface area contributed by atoms with Gasteiger partial charge in [0.05, 0.1) is 0 Å². The van der Waals surface area contributed by atoms with Gasteiger partial charge < -0.3 is 19.8 Å². The molecule has 8 nitrogen and oxygen atoms in total. The van der Waals surface area contributed by atoms with Crippen LogP contribution >= 0.6 is 15.6 Å². The highest BCUT2D eigenvalue weighted by atomic mass is 31.3. The zero-order chi connectivity index (χ0) is 17.8. The molecule has 2 unspecified atom stereocenters. The van der Waals surface area contributed by atoms with Crippen LogP contribution in [0.4, 0.5) is 0 Å². The number of phosphoric acid groups is 2. The molecule has 0 spiro atoms. The predicted octanol–water partition coefficient (Wildman–Crippen LogP) is 3.84. The van der Waals surface area contributed by atoms with Gasteiger partial charge in [-0.25, -0.2) is 9.13 Å². The summed E-state index contributed by atoms with van der Waals surface area (Å²) < 4.78 is 29.5. The molecule has 0 aliphatic rings. The Morgan fingerprint density at radius 1 is 0.826 bits per heavy atom. The molecule has 4 N–H and O–H groups in total. The summed E-state index contributed by atoms with van der Waals surface area (Å²) in [6.45, 7) is 2.19. The van der Waals surface area contributed by atoms with E-state index in [1.807, 2.05) is 0 Å². The predicted molar refractivity (Wildman–Crippen MR) is 86.5 cm³/mol. The number of phosphoric ester groups is 1. The van der Waals surface area contributed by atoms with Gasteiger partial charge in [0, 0.05) is 0 Å². The van der Waals surface area contributed by atoms with Gasteiger partial charge >= 0.3 is 15.6 Å². The van der Waals surface area contributed by atoms with Crippen LogP contribution in [0.25, 0.3) is 0 Å². The van der Waals surface area contributed by atoms with Crippen LogP contribution in [0, 0.1) is 0 Å². The molecule has 0 amide bonds. The fraction of sp³-hybridized carbons (Fsp3) is 1.00. The highest BCUT2D eigenvalue weighted by Crippen LogP contribution is 2.58. The van der Waals surface area contributed by atoms with Crippen LogP contribution in [-0.4, -0.2) is 26.1 Å². The minimum Gasteiger partial charge on any atom is -0.367 e. The summed E-state index contributed by atoms with van der Waals surface area (Å²) in [4.78, 5) is 25.9. The molecule has 0 bridgehead atoms. The molecule has 0 aromatic carbocycles. The largest absolute Gasteiger partial charge is 0.483 e. The summed E-state index contributed by atoms with van der Waals surface area (Å²) >= 11 is 0. The maximum Gasteiger partial charge on any atom is 0.483 e. The smallest absolute Gasteiger partial charge is 0.367 e. The molecule has 0 saturated carbocycles. The number of aliphatic hydroxyl groups is 1. The molecule has 0 aromatic rings. The van der Waals surface area contributed by atoms with Gasteiger partial charge in [0.25, 0.3) is 0 Å². The van der Waals surface area contributed by atoms with Crippen LogP contribution in [0.3, 0.4) is 0 Å². The number of aliphatic hydroxyl groups excluding tert-OH is 1. The summed E-state index contributed by atoms with van der Waals surface area (Å²) in [5, 5.41) is 9.42. The molecular formula is C13H30O8P2. The zero-order valence-corrected chi connectivity index (χ0v) is 15.5. The number of unbranched alkanes of at least 4 members (excludes halogenated alkanes) is 9. The van der Waals surface area contributed by atoms with Gasteiger partial charge in [0.15, 0.2) is 6.29 Å². The minimum atomic E-state index is -5.15. The topological polar surface area (TPSA) is 134 Å². The Balaban J connectivity index is 3.58. The highest BCUT2D eigenvalue weighted by molar-refractivity contribution is 7.60. The van der Waals surface area contributed by atoms with Crippen molar-refractivity contribution in [3.8, 4) is 0 Å². The molecule has 0 radical (unpaired) electrons. The van der Waals surface area contributed by atoms with E-state index in [4.69, 9.17) is 14.7 Å². The molecule has 0 aromatic heterocycles. The number of hydrogen-bond donors (Lipinski definition) is 4. The van der Waals surface area contributed by atoms with Crippen LogP contribution in [-0.2, 0) is 18.0 Å². The Morgan fingerprint density at radius 2 is 1.26 bits per heavy atom. The Morgan fingerprint density at radius 3 is 1.70 bits per heavy atom. The molecule has 0 fully saturated rings. The first-order chi connectivity index (χ1) is 10.7. The summed E-state index contributed by atoms with van der Waals surface area (Å²) in [6.07, 6.45) is 9.59. The van der Waals surface area contributed by atoms with Gasteiger partial charge in [-0.15, -0.1) is 0 Å². The fourth-order valence-electron chi connectivity index (χ4n) is 2.17. The van der Waals surface area contributed by atoms with Crippen molar-refractivity contribution in [2.45, 2.75) is 83.8 Å². The van der Waals surface area contributed by atoms with Crippen LogP contribution in [0.1, 0.15) is 77.6 Å². The fourth-order valence-corrected chi connectivity index (χ4v) is 3.81. The number of rotatable bonds is 15. The SMILES string of the molecule is CCCCCCCCCCCCC(O)OP(=O)(O)OP(=O)(O)O. The summed E-state index contributed by atoms with van der Waals surface area (Å²) in [6, 6.07) is 0. The van der Waals surface area contributed by atoms with E-state index in [2.05, 4.69) is 15.8 Å². The van der Waals surface area contributed by atoms with Gasteiger partial charge in [0.2, 0.25) is 0 Å². The second-order valence-corrected chi connectivity index (χ2v) is 8.35. The van der Waals surface area contributed by atoms with Gasteiger partial charge in [-0.05, 0) is 12.8 Å². The summed E-state index contributed by atoms with van der Waals surface area (Å²) in [7, 11) is -10.1. The van der Waals surface area contributed by atoms with Crippen molar-refractivity contribution in [3.05, 3.63) is 0 Å². The van der Waals surface area contributed by atoms with Crippen molar-refractivity contribution in [1.82, 2.24) is 0 Å². The Kier molecular flexibility index (Phi) is 12.7. The van der Waals surface area contributed by atoms with E-state index in [0.29, 0.717) is 6.42 Å². The lowest BCUT2D eigenvalue weighted by Gasteiger charge is -2.16. The highest BCUT2D eigenvalue weighted by Gasteiger charge is 2.34. The lowest BCUT2D eigenvalue weighted by atomic mass is 10.1. The molecule has 23 heavy (non-hydrogen) atoms. The standard InChI is InChI=1S/C13H30O8P2/c1-2-3-4-5-6-7-8-9-10-11-12-13(14)20-23(18,19)21-22(15,16)17/h13-14H,2-12H2,1H3,(H,18,19)(H2,15,16,17). The third-order valence-electron chi connectivity index (χ3n) is 3.27. The third-order valence-corrected chi connectivity index (χ3v) is 5.46. The molecule has 0 aliphatic carbocycles. The first kappa shape index (κ1) is 23.2. The maximum atomic E-state index is 11.2. The molecular weight excluding hydrogens is 346 g/mol. The van der Waals surface area contributed by atoms with Crippen molar-refractivity contribution in [2.75, 3.05) is 0 Å². The van der Waals surface area contributed by atoms with E-state index >= 15 is 0 Å². The first-order valence-electron chi connectivity index (χ1n) is 8.12. The minimum absolute atomic E-state index is 0.103. The van der Waals surface area contributed by atoms with Crippen LogP contribution in [0.15, 0.2) is 0 Å². The van der Waals surface area contributed by atoms with E-state index in [9.17, 15) is 14.2 Å². The zero-order valence-electron chi connectivity index (χ0n) is 13.7. The van der Waals surface area contributed by atoms with Crippen molar-refractivity contribution >= 4 is 15.6 Å². The Bertz CT molecular complexity index is 384. The van der Waals surface area contributed by atoms with E-state index in [1.165, 1.54) is 38.5 Å². The molecule has 140 valence electrons. The van der Waals surface area contributed by atoms with E-state index in [-0.39, 0.29) is 6.42 Å². The van der Waals surface area contributed by atoms with E-state index in [1.54, 1.807) is 0 Å². The number of hydrogen-bond acceptors (Lipinski definition) is 5. The molecule has 10 heteroatoms. The molecule has 0 aliphatic heterocycles. The average Bonchev–Trinajstić information content (AvgIpc) is 2.37. The van der Waals surface area contributed by atoms with E-state index < -0.39 is 21.9 Å². The van der Waals surface area contributed by atoms with Gasteiger partial charge in [-0.3, -0.25) is 4.52 Å². The quantitative estimate of drug-likeness (QED) is 0.192. The van der Waals surface area contributed by atoms with Crippen molar-refractivity contribution in [2.24, 2.45) is 0 Å². The van der Waals surface area contributed by atoms with Crippen LogP contribution in [0.2, 0.25) is 0 Å². The Hall–Kier alpha value is 0.220. The van der Waals surface area contributed by atoms with Crippen LogP contribution < -0.4 is 0 Å². The lowest BCUT2D eigenvalue weighted by molar-refractivity contribution is -0.0422. The van der Waals surface area contributed by atoms with E-state index in [0.717, 1.165) is 19.3 Å². The Labute approximate surface area is 138 Å². The molecule has 0 saturated heterocycles. The van der Waals surface area contributed by atoms with Crippen molar-refractivity contribution in [3.63, 3.8) is 0 Å². The lowest BCUT2D eigenvalue weighted by Crippen LogP contribution is -2.10. The molecule has 2 atom stereocenters. The molecule has 0 rings (SSSR count). The van der Waals surface area contributed by atoms with Crippen molar-refractivity contribution < 1.29 is 37.8 Å². The summed E-state index contributed by atoms with van der Waals surface area (Å²) in [5.74, 6) is 0. The van der Waals surface area contributed by atoms with Gasteiger partial charge in [-0.2, -0.15) is 4.31 Å². The average molecular weight is 376 g/mol. The third kappa shape index (κ3) is 16.8. The van der Waals surface area contributed by atoms with Gasteiger partial charge in [-0.1, -0.05) is 64.7 Å². The second kappa shape index (κ2) is 12.6. The second-order valence-electron chi connectivity index (χ2n) is 5.57. The van der Waals surface area contributed by atoms with Crippen LogP contribution in [0.5, 0.6) is 0 Å². The first-order valence-corrected chi connectivity index (χ1v) is 11.1. The normalized spacial score (nSPS) is 16.2. The van der Waals surface area contributed by atoms with Gasteiger partial charge in [0.1, 0.15) is 0 Å². The van der Waals surface area contributed by atoms with Crippen molar-refractivity contribution in [1.29, 1.82) is 0 Å².